The Morgan fingerprint density at radius 2 is 2.37 bits per heavy atom. The largest absolute Gasteiger partial charge is 0.494 e. The molecule has 3 rings (SSSR count). The first-order chi connectivity index (χ1) is 9.29. The van der Waals surface area contributed by atoms with Gasteiger partial charge in [0, 0.05) is 0 Å². The molecule has 19 heavy (non-hydrogen) atoms. The van der Waals surface area contributed by atoms with E-state index >= 15 is 0 Å². The van der Waals surface area contributed by atoms with Crippen molar-refractivity contribution >= 4 is 17.0 Å². The van der Waals surface area contributed by atoms with Crippen LogP contribution in [0.3, 0.4) is 0 Å². The maximum absolute atomic E-state index is 5.99. The van der Waals surface area contributed by atoms with Gasteiger partial charge in [-0.25, -0.2) is 4.98 Å². The lowest BCUT2D eigenvalue weighted by Crippen LogP contribution is -2.32. The number of rotatable bonds is 3. The summed E-state index contributed by atoms with van der Waals surface area (Å²) in [6.07, 6.45) is 0.0136. The molecule has 1 aromatic carbocycles. The summed E-state index contributed by atoms with van der Waals surface area (Å²) in [6.45, 7) is 2.50. The fourth-order valence-electron chi connectivity index (χ4n) is 2.34. The van der Waals surface area contributed by atoms with Crippen LogP contribution in [-0.4, -0.2) is 42.6 Å². The first-order valence-corrected chi connectivity index (χ1v) is 6.27. The highest BCUT2D eigenvalue weighted by Crippen LogP contribution is 2.27. The molecule has 6 heteroatoms. The summed E-state index contributed by atoms with van der Waals surface area (Å²) in [5.41, 5.74) is 7.72. The van der Waals surface area contributed by atoms with Gasteiger partial charge in [-0.2, -0.15) is 0 Å². The number of imidazole rings is 1. The SMILES string of the molecule is COc1cccc2c1nc(N)n2CC1COCCO1. The van der Waals surface area contributed by atoms with Crippen LogP contribution in [0.1, 0.15) is 0 Å². The Kier molecular flexibility index (Phi) is 3.27. The third-order valence-electron chi connectivity index (χ3n) is 3.26. The zero-order valence-corrected chi connectivity index (χ0v) is 10.8. The summed E-state index contributed by atoms with van der Waals surface area (Å²) >= 11 is 0. The predicted molar refractivity (Wildman–Crippen MR) is 71.3 cm³/mol. The summed E-state index contributed by atoms with van der Waals surface area (Å²) in [7, 11) is 1.63. The van der Waals surface area contributed by atoms with Crippen LogP contribution in [0.4, 0.5) is 5.95 Å². The van der Waals surface area contributed by atoms with Gasteiger partial charge < -0.3 is 24.5 Å². The van der Waals surface area contributed by atoms with Gasteiger partial charge in [-0.15, -0.1) is 0 Å². The van der Waals surface area contributed by atoms with Crippen LogP contribution in [-0.2, 0) is 16.0 Å². The van der Waals surface area contributed by atoms with Gasteiger partial charge in [0.15, 0.2) is 0 Å². The van der Waals surface area contributed by atoms with E-state index in [0.29, 0.717) is 32.3 Å². The number of nitrogen functional groups attached to an aromatic ring is 1. The third kappa shape index (κ3) is 2.24. The van der Waals surface area contributed by atoms with Crippen LogP contribution in [0.15, 0.2) is 18.2 Å². The number of hydrogen-bond acceptors (Lipinski definition) is 5. The highest BCUT2D eigenvalue weighted by atomic mass is 16.6. The Bertz CT molecular complexity index is 576. The summed E-state index contributed by atoms with van der Waals surface area (Å²) in [5, 5.41) is 0. The lowest BCUT2D eigenvalue weighted by molar-refractivity contribution is -0.0930. The number of ether oxygens (including phenoxy) is 3. The topological polar surface area (TPSA) is 71.5 Å². The number of benzene rings is 1. The molecular weight excluding hydrogens is 246 g/mol. The van der Waals surface area contributed by atoms with Crippen molar-refractivity contribution in [1.29, 1.82) is 0 Å². The lowest BCUT2D eigenvalue weighted by atomic mass is 10.2. The Morgan fingerprint density at radius 3 is 3.11 bits per heavy atom. The molecule has 1 aromatic heterocycles. The number of para-hydroxylation sites is 1. The van der Waals surface area contributed by atoms with E-state index in [9.17, 15) is 0 Å². The molecule has 0 saturated carbocycles. The average molecular weight is 263 g/mol. The number of anilines is 1. The number of hydrogen-bond donors (Lipinski definition) is 1. The van der Waals surface area contributed by atoms with Crippen LogP contribution in [0.25, 0.3) is 11.0 Å². The van der Waals surface area contributed by atoms with Crippen LogP contribution in [0.2, 0.25) is 0 Å². The molecule has 1 fully saturated rings. The molecule has 0 bridgehead atoms. The van der Waals surface area contributed by atoms with Crippen molar-refractivity contribution in [2.24, 2.45) is 0 Å². The van der Waals surface area contributed by atoms with Crippen molar-refractivity contribution in [3.8, 4) is 5.75 Å². The zero-order chi connectivity index (χ0) is 13.2. The van der Waals surface area contributed by atoms with Crippen LogP contribution < -0.4 is 10.5 Å². The maximum Gasteiger partial charge on any atom is 0.201 e. The van der Waals surface area contributed by atoms with Gasteiger partial charge in [0.2, 0.25) is 5.95 Å². The molecule has 1 aliphatic heterocycles. The Balaban J connectivity index is 1.96. The zero-order valence-electron chi connectivity index (χ0n) is 10.8. The predicted octanol–water partition coefficient (Wildman–Crippen LogP) is 1.04. The molecule has 102 valence electrons. The summed E-state index contributed by atoms with van der Waals surface area (Å²) in [5.74, 6) is 1.19. The minimum atomic E-state index is 0.0136. The van der Waals surface area contributed by atoms with E-state index < -0.39 is 0 Å². The van der Waals surface area contributed by atoms with E-state index in [0.717, 1.165) is 16.8 Å². The van der Waals surface area contributed by atoms with E-state index in [4.69, 9.17) is 19.9 Å². The monoisotopic (exact) mass is 263 g/mol. The Hall–Kier alpha value is -1.79. The quantitative estimate of drug-likeness (QED) is 0.896. The lowest BCUT2D eigenvalue weighted by Gasteiger charge is -2.23. The average Bonchev–Trinajstić information content (AvgIpc) is 2.76. The second-order valence-corrected chi connectivity index (χ2v) is 4.48. The molecule has 6 nitrogen and oxygen atoms in total. The first-order valence-electron chi connectivity index (χ1n) is 6.27. The Morgan fingerprint density at radius 1 is 1.47 bits per heavy atom. The van der Waals surface area contributed by atoms with Gasteiger partial charge in [0.05, 0.1) is 45.1 Å². The van der Waals surface area contributed by atoms with E-state index in [1.165, 1.54) is 0 Å². The van der Waals surface area contributed by atoms with Crippen molar-refractivity contribution in [3.05, 3.63) is 18.2 Å². The molecule has 2 aromatic rings. The molecule has 0 aliphatic carbocycles. The van der Waals surface area contributed by atoms with E-state index in [2.05, 4.69) is 4.98 Å². The van der Waals surface area contributed by atoms with Gasteiger partial charge >= 0.3 is 0 Å². The summed E-state index contributed by atoms with van der Waals surface area (Å²) in [4.78, 5) is 4.37. The molecule has 1 unspecified atom stereocenters. The second-order valence-electron chi connectivity index (χ2n) is 4.48. The van der Waals surface area contributed by atoms with Crippen molar-refractivity contribution in [1.82, 2.24) is 9.55 Å². The molecule has 1 aliphatic rings. The smallest absolute Gasteiger partial charge is 0.201 e. The van der Waals surface area contributed by atoms with E-state index in [1.54, 1.807) is 7.11 Å². The van der Waals surface area contributed by atoms with Crippen LogP contribution in [0, 0.1) is 0 Å². The summed E-state index contributed by atoms with van der Waals surface area (Å²) in [6, 6.07) is 5.78. The van der Waals surface area contributed by atoms with Crippen LogP contribution in [0.5, 0.6) is 5.75 Å². The minimum absolute atomic E-state index is 0.0136. The number of nitrogens with zero attached hydrogens (tertiary/aromatic N) is 2. The molecule has 0 amide bonds. The number of methoxy groups -OCH3 is 1. The number of aromatic nitrogens is 2. The maximum atomic E-state index is 5.99. The van der Waals surface area contributed by atoms with Gasteiger partial charge in [-0.3, -0.25) is 0 Å². The van der Waals surface area contributed by atoms with Crippen molar-refractivity contribution < 1.29 is 14.2 Å². The van der Waals surface area contributed by atoms with Crippen molar-refractivity contribution in [2.75, 3.05) is 32.7 Å². The van der Waals surface area contributed by atoms with Gasteiger partial charge in [0.1, 0.15) is 11.3 Å². The molecular formula is C13H17N3O3. The van der Waals surface area contributed by atoms with Crippen LogP contribution >= 0.6 is 0 Å². The molecule has 0 spiro atoms. The van der Waals surface area contributed by atoms with E-state index in [1.807, 2.05) is 22.8 Å². The van der Waals surface area contributed by atoms with Crippen molar-refractivity contribution in [2.45, 2.75) is 12.6 Å². The standard InChI is InChI=1S/C13H17N3O3/c1-17-11-4-2-3-10-12(11)15-13(14)16(10)7-9-8-18-5-6-19-9/h2-4,9H,5-8H2,1H3,(H2,14,15). The first kappa shape index (κ1) is 12.3. The Labute approximate surface area is 111 Å². The fraction of sp³-hybridized carbons (Fsp3) is 0.462. The van der Waals surface area contributed by atoms with Gasteiger partial charge in [-0.05, 0) is 12.1 Å². The number of fused-ring (bicyclic) bond motifs is 1. The molecule has 2 N–H and O–H groups in total. The van der Waals surface area contributed by atoms with Gasteiger partial charge in [0.25, 0.3) is 0 Å². The van der Waals surface area contributed by atoms with Gasteiger partial charge in [-0.1, -0.05) is 6.07 Å². The third-order valence-corrected chi connectivity index (χ3v) is 3.26. The normalized spacial score (nSPS) is 19.7. The van der Waals surface area contributed by atoms with Crippen molar-refractivity contribution in [3.63, 3.8) is 0 Å². The summed E-state index contributed by atoms with van der Waals surface area (Å²) < 4.78 is 18.3. The minimum Gasteiger partial charge on any atom is -0.494 e. The second kappa shape index (κ2) is 5.07. The molecule has 0 radical (unpaired) electrons. The highest BCUT2D eigenvalue weighted by molar-refractivity contribution is 5.84. The molecule has 2 heterocycles. The van der Waals surface area contributed by atoms with E-state index in [-0.39, 0.29) is 6.10 Å². The fourth-order valence-corrected chi connectivity index (χ4v) is 2.34. The molecule has 1 atom stereocenters. The highest BCUT2D eigenvalue weighted by Gasteiger charge is 2.19. The number of nitrogens with two attached hydrogens (primary N) is 1. The molecule has 1 saturated heterocycles.